The molecule has 2 aromatic rings. The van der Waals surface area contributed by atoms with E-state index in [1.807, 2.05) is 30.6 Å². The van der Waals surface area contributed by atoms with Crippen molar-refractivity contribution in [1.29, 1.82) is 0 Å². The monoisotopic (exact) mass is 515 g/mol. The third-order valence-electron chi connectivity index (χ3n) is 5.93. The average molecular weight is 516 g/mol. The van der Waals surface area contributed by atoms with Gasteiger partial charge in [0.25, 0.3) is 0 Å². The molecule has 1 fully saturated rings. The zero-order valence-corrected chi connectivity index (χ0v) is 22.3. The van der Waals surface area contributed by atoms with E-state index in [-0.39, 0.29) is 13.1 Å². The Balaban J connectivity index is 0.00000114. The van der Waals surface area contributed by atoms with Crippen LogP contribution in [-0.2, 0) is 13.1 Å². The van der Waals surface area contributed by atoms with Gasteiger partial charge in [-0.05, 0) is 53.9 Å². The molecule has 0 amide bonds. The summed E-state index contributed by atoms with van der Waals surface area (Å²) in [5.74, 6) is 1.54. The van der Waals surface area contributed by atoms with Crippen LogP contribution in [0, 0.1) is 5.92 Å². The van der Waals surface area contributed by atoms with Crippen LogP contribution >= 0.6 is 20.2 Å². The molecule has 0 aliphatic heterocycles. The maximum absolute atomic E-state index is 4.89. The van der Waals surface area contributed by atoms with Crippen molar-refractivity contribution in [3.63, 3.8) is 0 Å². The molecule has 0 saturated heterocycles. The van der Waals surface area contributed by atoms with Crippen molar-refractivity contribution >= 4 is 38.3 Å². The molecule has 0 spiro atoms. The number of nitrogens with zero attached hydrogens (tertiary/aromatic N) is 3. The molecular formula is C26H35Cl2FeN3. The van der Waals surface area contributed by atoms with E-state index in [4.69, 9.17) is 35.2 Å². The molecule has 1 aliphatic rings. The Morgan fingerprint density at radius 2 is 1.44 bits per heavy atom. The standard InChI is InChI=1S/C26H35N3.2ClH.Fe/c1-18(2)23-13-9-14-24(19(3)4)26(23)28-17-22-12-8-11-21(29-22)16-27-25-15-7-6-10-20(25)5;;;/h8-9,11-14,16-20,25H,6-7,10,15H2,1-5H3;2*1H;/q;;;+2/p-2. The van der Waals surface area contributed by atoms with Gasteiger partial charge < -0.3 is 0 Å². The van der Waals surface area contributed by atoms with Crippen molar-refractivity contribution in [2.24, 2.45) is 15.9 Å². The molecule has 2 atom stereocenters. The van der Waals surface area contributed by atoms with E-state index in [2.05, 4.69) is 52.8 Å². The number of pyridine rings is 1. The fourth-order valence-electron chi connectivity index (χ4n) is 4.09. The third-order valence-corrected chi connectivity index (χ3v) is 5.93. The quantitative estimate of drug-likeness (QED) is 0.280. The predicted octanol–water partition coefficient (Wildman–Crippen LogP) is 8.45. The van der Waals surface area contributed by atoms with Gasteiger partial charge in [-0.2, -0.15) is 0 Å². The summed E-state index contributed by atoms with van der Waals surface area (Å²) in [6.07, 6.45) is 8.96. The van der Waals surface area contributed by atoms with Gasteiger partial charge in [0.05, 0.1) is 29.3 Å². The van der Waals surface area contributed by atoms with Crippen LogP contribution in [0.1, 0.15) is 94.7 Å². The minimum absolute atomic E-state index is 0.194. The van der Waals surface area contributed by atoms with Crippen LogP contribution in [-0.4, -0.2) is 23.5 Å². The molecule has 176 valence electrons. The third kappa shape index (κ3) is 8.30. The number of aromatic nitrogens is 1. The van der Waals surface area contributed by atoms with Gasteiger partial charge in [-0.25, -0.2) is 4.98 Å². The van der Waals surface area contributed by atoms with Crippen molar-refractivity contribution in [2.75, 3.05) is 0 Å². The van der Waals surface area contributed by atoms with E-state index in [1.54, 1.807) is 0 Å². The van der Waals surface area contributed by atoms with Gasteiger partial charge >= 0.3 is 33.3 Å². The molecular weight excluding hydrogens is 481 g/mol. The van der Waals surface area contributed by atoms with Crippen LogP contribution in [0.2, 0.25) is 0 Å². The SMILES string of the molecule is CC(C)c1cccc(C(C)C)c1N=Cc1cccc(C=NC2CCCCC2C)n1.[Cl][Fe][Cl]. The maximum atomic E-state index is 4.89. The van der Waals surface area contributed by atoms with Gasteiger partial charge in [-0.1, -0.05) is 71.7 Å². The summed E-state index contributed by atoms with van der Waals surface area (Å²) in [6, 6.07) is 13.0. The number of aliphatic imine (C=N–C) groups is 2. The van der Waals surface area contributed by atoms with Crippen molar-refractivity contribution in [1.82, 2.24) is 4.98 Å². The zero-order chi connectivity index (χ0) is 23.5. The van der Waals surface area contributed by atoms with Gasteiger partial charge in [0.15, 0.2) is 0 Å². The number of hydrogen-bond acceptors (Lipinski definition) is 3. The molecule has 32 heavy (non-hydrogen) atoms. The van der Waals surface area contributed by atoms with Gasteiger partial charge in [0.2, 0.25) is 0 Å². The van der Waals surface area contributed by atoms with E-state index in [1.165, 1.54) is 36.8 Å². The topological polar surface area (TPSA) is 37.6 Å². The van der Waals surface area contributed by atoms with E-state index in [9.17, 15) is 0 Å². The summed E-state index contributed by atoms with van der Waals surface area (Å²) in [5.41, 5.74) is 5.45. The number of benzene rings is 1. The Morgan fingerprint density at radius 1 is 0.906 bits per heavy atom. The first kappa shape index (κ1) is 27.1. The Labute approximate surface area is 208 Å². The predicted molar refractivity (Wildman–Crippen MR) is 137 cm³/mol. The molecule has 2 unspecified atom stereocenters. The number of para-hydroxylation sites is 1. The normalized spacial score (nSPS) is 19.2. The summed E-state index contributed by atoms with van der Waals surface area (Å²) in [6.45, 7) is 11.2. The first-order chi connectivity index (χ1) is 15.4. The van der Waals surface area contributed by atoms with Crippen LogP contribution in [0.5, 0.6) is 0 Å². The molecule has 3 rings (SSSR count). The summed E-state index contributed by atoms with van der Waals surface area (Å²) in [7, 11) is 9.53. The second-order valence-electron chi connectivity index (χ2n) is 9.00. The van der Waals surface area contributed by atoms with Crippen LogP contribution in [0.4, 0.5) is 5.69 Å². The Morgan fingerprint density at radius 3 is 2.00 bits per heavy atom. The molecule has 3 nitrogen and oxygen atoms in total. The van der Waals surface area contributed by atoms with Crippen LogP contribution in [0.3, 0.4) is 0 Å². The molecule has 6 heteroatoms. The summed E-state index contributed by atoms with van der Waals surface area (Å²) in [5, 5.41) is 0. The molecule has 0 bridgehead atoms. The number of hydrogen-bond donors (Lipinski definition) is 0. The average Bonchev–Trinajstić information content (AvgIpc) is 2.77. The summed E-state index contributed by atoms with van der Waals surface area (Å²) in [4.78, 5) is 14.5. The van der Waals surface area contributed by atoms with Gasteiger partial charge in [0.1, 0.15) is 0 Å². The zero-order valence-electron chi connectivity index (χ0n) is 19.7. The molecule has 1 heterocycles. The molecule has 1 aromatic carbocycles. The summed E-state index contributed by atoms with van der Waals surface area (Å²) < 4.78 is 0. The molecule has 1 aliphatic carbocycles. The molecule has 1 aromatic heterocycles. The van der Waals surface area contributed by atoms with Crippen molar-refractivity contribution in [3.05, 3.63) is 58.9 Å². The van der Waals surface area contributed by atoms with E-state index < -0.39 is 0 Å². The number of rotatable bonds is 6. The van der Waals surface area contributed by atoms with Crippen LogP contribution in [0.25, 0.3) is 0 Å². The van der Waals surface area contributed by atoms with Gasteiger partial charge in [-0.15, -0.1) is 0 Å². The Kier molecular flexibility index (Phi) is 12.0. The second kappa shape index (κ2) is 14.2. The first-order valence-corrected chi connectivity index (χ1v) is 14.4. The van der Waals surface area contributed by atoms with Gasteiger partial charge in [0, 0.05) is 6.21 Å². The molecule has 0 radical (unpaired) electrons. The molecule has 1 saturated carbocycles. The van der Waals surface area contributed by atoms with Crippen molar-refractivity contribution in [3.8, 4) is 0 Å². The van der Waals surface area contributed by atoms with Crippen molar-refractivity contribution in [2.45, 2.75) is 78.2 Å². The summed E-state index contributed by atoms with van der Waals surface area (Å²) >= 11 is 0.194. The minimum atomic E-state index is 0.194. The van der Waals surface area contributed by atoms with Crippen LogP contribution < -0.4 is 0 Å². The van der Waals surface area contributed by atoms with E-state index in [0.29, 0.717) is 23.8 Å². The van der Waals surface area contributed by atoms with Crippen molar-refractivity contribution < 1.29 is 13.1 Å². The van der Waals surface area contributed by atoms with Gasteiger partial charge in [-0.3, -0.25) is 9.98 Å². The van der Waals surface area contributed by atoms with E-state index in [0.717, 1.165) is 17.1 Å². The fraction of sp³-hybridized carbons (Fsp3) is 0.500. The Bertz CT molecular complexity index is 870. The number of halogens is 2. The fourth-order valence-corrected chi connectivity index (χ4v) is 4.09. The Hall–Kier alpha value is -1.19. The second-order valence-corrected chi connectivity index (χ2v) is 10.8. The first-order valence-electron chi connectivity index (χ1n) is 11.4. The van der Waals surface area contributed by atoms with Crippen LogP contribution in [0.15, 0.2) is 46.4 Å². The van der Waals surface area contributed by atoms with E-state index >= 15 is 0 Å². The molecule has 0 N–H and O–H groups in total.